The third-order valence-electron chi connectivity index (χ3n) is 4.80. The minimum Gasteiger partial charge on any atom is -0.485 e. The first kappa shape index (κ1) is 17.5. The van der Waals surface area contributed by atoms with Crippen molar-refractivity contribution in [2.24, 2.45) is 0 Å². The highest BCUT2D eigenvalue weighted by molar-refractivity contribution is 5.27. The number of morpholine rings is 1. The predicted molar refractivity (Wildman–Crippen MR) is 95.9 cm³/mol. The van der Waals surface area contributed by atoms with Crippen LogP contribution in [0.5, 0.6) is 5.75 Å². The Bertz CT molecular complexity index is 699. The minimum absolute atomic E-state index is 0.297. The molecule has 4 rings (SSSR count). The van der Waals surface area contributed by atoms with Crippen LogP contribution in [0.4, 0.5) is 0 Å². The normalized spacial score (nSPS) is 21.0. The maximum absolute atomic E-state index is 5.88. The number of aryl methyl sites for hydroxylation is 1. The molecule has 2 fully saturated rings. The summed E-state index contributed by atoms with van der Waals surface area (Å²) in [5, 5.41) is 7.32. The van der Waals surface area contributed by atoms with E-state index in [1.807, 2.05) is 12.1 Å². The molecule has 2 heterocycles. The van der Waals surface area contributed by atoms with Crippen molar-refractivity contribution in [1.29, 1.82) is 0 Å². The molecule has 1 saturated carbocycles. The SMILES string of the molecule is Cc1nc(COc2ccc(CNCC3CN(C4CC4)CCO3)cc2)no1. The lowest BCUT2D eigenvalue weighted by Crippen LogP contribution is -2.47. The summed E-state index contributed by atoms with van der Waals surface area (Å²) in [5.74, 6) is 1.90. The second-order valence-corrected chi connectivity index (χ2v) is 7.01. The molecule has 0 bridgehead atoms. The standard InChI is InChI=1S/C19H26N4O3/c1-14-21-19(22-26-14)13-25-17-6-2-15(3-7-17)10-20-11-18-12-23(8-9-24-18)16-4-5-16/h2-3,6-7,16,18,20H,4-5,8-13H2,1H3. The quantitative estimate of drug-likeness (QED) is 0.773. The van der Waals surface area contributed by atoms with Crippen LogP contribution in [-0.2, 0) is 17.9 Å². The third kappa shape index (κ3) is 4.81. The predicted octanol–water partition coefficient (Wildman–Crippen LogP) is 1.91. The molecule has 2 aliphatic rings. The number of ether oxygens (including phenoxy) is 2. The van der Waals surface area contributed by atoms with Gasteiger partial charge >= 0.3 is 0 Å². The van der Waals surface area contributed by atoms with Crippen molar-refractivity contribution in [2.45, 2.75) is 45.1 Å². The number of aromatic nitrogens is 2. The Morgan fingerprint density at radius 1 is 1.27 bits per heavy atom. The van der Waals surface area contributed by atoms with E-state index < -0.39 is 0 Å². The van der Waals surface area contributed by atoms with Gasteiger partial charge in [-0.25, -0.2) is 0 Å². The van der Waals surface area contributed by atoms with Crippen molar-refractivity contribution >= 4 is 0 Å². The van der Waals surface area contributed by atoms with E-state index >= 15 is 0 Å². The molecule has 0 spiro atoms. The van der Waals surface area contributed by atoms with Gasteiger partial charge in [-0.1, -0.05) is 17.3 Å². The van der Waals surface area contributed by atoms with Gasteiger partial charge in [0.15, 0.2) is 6.61 Å². The van der Waals surface area contributed by atoms with Gasteiger partial charge in [0, 0.05) is 39.1 Å². The van der Waals surface area contributed by atoms with Crippen molar-refractivity contribution in [3.8, 4) is 5.75 Å². The van der Waals surface area contributed by atoms with Crippen LogP contribution in [0, 0.1) is 6.92 Å². The lowest BCUT2D eigenvalue weighted by Gasteiger charge is -2.33. The van der Waals surface area contributed by atoms with E-state index in [-0.39, 0.29) is 0 Å². The van der Waals surface area contributed by atoms with Crippen molar-refractivity contribution in [3.05, 3.63) is 41.5 Å². The number of benzene rings is 1. The van der Waals surface area contributed by atoms with E-state index in [9.17, 15) is 0 Å². The van der Waals surface area contributed by atoms with Crippen LogP contribution in [-0.4, -0.2) is 53.4 Å². The van der Waals surface area contributed by atoms with Gasteiger partial charge in [0.25, 0.3) is 0 Å². The maximum atomic E-state index is 5.88. The van der Waals surface area contributed by atoms with E-state index in [1.165, 1.54) is 18.4 Å². The van der Waals surface area contributed by atoms with Crippen LogP contribution in [0.25, 0.3) is 0 Å². The second-order valence-electron chi connectivity index (χ2n) is 7.01. The molecule has 1 N–H and O–H groups in total. The summed E-state index contributed by atoms with van der Waals surface area (Å²) < 4.78 is 16.5. The van der Waals surface area contributed by atoms with E-state index in [1.54, 1.807) is 6.92 Å². The van der Waals surface area contributed by atoms with E-state index in [0.717, 1.165) is 44.6 Å². The molecule has 1 saturated heterocycles. The van der Waals surface area contributed by atoms with Crippen LogP contribution in [0.15, 0.2) is 28.8 Å². The molecule has 0 amide bonds. The van der Waals surface area contributed by atoms with Crippen molar-refractivity contribution in [3.63, 3.8) is 0 Å². The van der Waals surface area contributed by atoms with Crippen LogP contribution < -0.4 is 10.1 Å². The van der Waals surface area contributed by atoms with Crippen LogP contribution >= 0.6 is 0 Å². The molecular weight excluding hydrogens is 332 g/mol. The van der Waals surface area contributed by atoms with E-state index in [4.69, 9.17) is 14.0 Å². The molecule has 1 aromatic carbocycles. The van der Waals surface area contributed by atoms with Gasteiger partial charge in [-0.05, 0) is 30.5 Å². The third-order valence-corrected chi connectivity index (χ3v) is 4.80. The van der Waals surface area contributed by atoms with Crippen molar-refractivity contribution in [1.82, 2.24) is 20.4 Å². The fourth-order valence-electron chi connectivity index (χ4n) is 3.27. The summed E-state index contributed by atoms with van der Waals surface area (Å²) in [5.41, 5.74) is 1.22. The number of rotatable bonds is 8. The van der Waals surface area contributed by atoms with Gasteiger partial charge in [-0.2, -0.15) is 4.98 Å². The van der Waals surface area contributed by atoms with E-state index in [0.29, 0.717) is 24.4 Å². The highest BCUT2D eigenvalue weighted by Gasteiger charge is 2.32. The summed E-state index contributed by atoms with van der Waals surface area (Å²) in [4.78, 5) is 6.70. The average Bonchev–Trinajstić information content (AvgIpc) is 3.43. The first-order chi connectivity index (χ1) is 12.8. The van der Waals surface area contributed by atoms with Crippen LogP contribution in [0.3, 0.4) is 0 Å². The molecule has 1 unspecified atom stereocenters. The summed E-state index contributed by atoms with van der Waals surface area (Å²) >= 11 is 0. The molecule has 7 heteroatoms. The van der Waals surface area contributed by atoms with Gasteiger partial charge in [0.05, 0.1) is 12.7 Å². The molecule has 140 valence electrons. The fraction of sp³-hybridized carbons (Fsp3) is 0.579. The maximum Gasteiger partial charge on any atom is 0.223 e. The first-order valence-electron chi connectivity index (χ1n) is 9.33. The molecule has 2 aromatic rings. The number of hydrogen-bond acceptors (Lipinski definition) is 7. The zero-order valence-electron chi connectivity index (χ0n) is 15.2. The molecule has 1 aliphatic carbocycles. The zero-order valence-corrected chi connectivity index (χ0v) is 15.2. The summed E-state index contributed by atoms with van der Waals surface area (Å²) in [6.45, 7) is 6.79. The van der Waals surface area contributed by atoms with Gasteiger partial charge in [-0.15, -0.1) is 0 Å². The Morgan fingerprint density at radius 2 is 2.12 bits per heavy atom. The molecular formula is C19H26N4O3. The van der Waals surface area contributed by atoms with Gasteiger partial charge in [0.1, 0.15) is 5.75 Å². The summed E-state index contributed by atoms with van der Waals surface area (Å²) in [6.07, 6.45) is 3.02. The highest BCUT2D eigenvalue weighted by Crippen LogP contribution is 2.28. The molecule has 7 nitrogen and oxygen atoms in total. The molecule has 1 atom stereocenters. The Morgan fingerprint density at radius 3 is 2.85 bits per heavy atom. The summed E-state index contributed by atoms with van der Waals surface area (Å²) in [7, 11) is 0. The topological polar surface area (TPSA) is 72.7 Å². The Hall–Kier alpha value is -1.96. The van der Waals surface area contributed by atoms with Gasteiger partial charge < -0.3 is 19.3 Å². The first-order valence-corrected chi connectivity index (χ1v) is 9.33. The number of nitrogens with one attached hydrogen (secondary N) is 1. The van der Waals surface area contributed by atoms with Gasteiger partial charge in [-0.3, -0.25) is 4.90 Å². The zero-order chi connectivity index (χ0) is 17.8. The number of hydrogen-bond donors (Lipinski definition) is 1. The lowest BCUT2D eigenvalue weighted by atomic mass is 10.2. The largest absolute Gasteiger partial charge is 0.485 e. The molecule has 1 aliphatic heterocycles. The van der Waals surface area contributed by atoms with Crippen molar-refractivity contribution < 1.29 is 14.0 Å². The van der Waals surface area contributed by atoms with Crippen molar-refractivity contribution in [2.75, 3.05) is 26.2 Å². The average molecular weight is 358 g/mol. The summed E-state index contributed by atoms with van der Waals surface area (Å²) in [6, 6.07) is 8.90. The highest BCUT2D eigenvalue weighted by atomic mass is 16.5. The molecule has 1 aromatic heterocycles. The van der Waals surface area contributed by atoms with Crippen LogP contribution in [0.1, 0.15) is 30.1 Å². The van der Waals surface area contributed by atoms with E-state index in [2.05, 4.69) is 32.5 Å². The Labute approximate surface area is 153 Å². The lowest BCUT2D eigenvalue weighted by molar-refractivity contribution is -0.0301. The Balaban J connectivity index is 1.18. The molecule has 0 radical (unpaired) electrons. The smallest absolute Gasteiger partial charge is 0.223 e. The monoisotopic (exact) mass is 358 g/mol. The minimum atomic E-state index is 0.297. The Kier molecular flexibility index (Phi) is 5.48. The fourth-order valence-corrected chi connectivity index (χ4v) is 3.27. The number of nitrogens with zero attached hydrogens (tertiary/aromatic N) is 3. The molecule has 26 heavy (non-hydrogen) atoms. The van der Waals surface area contributed by atoms with Gasteiger partial charge in [0.2, 0.25) is 11.7 Å². The second kappa shape index (κ2) is 8.16. The van der Waals surface area contributed by atoms with Crippen LogP contribution in [0.2, 0.25) is 0 Å².